The van der Waals surface area contributed by atoms with Crippen LogP contribution in [0.15, 0.2) is 12.4 Å². The Morgan fingerprint density at radius 2 is 2.38 bits per heavy atom. The summed E-state index contributed by atoms with van der Waals surface area (Å²) >= 11 is 0. The van der Waals surface area contributed by atoms with Crippen molar-refractivity contribution in [1.29, 1.82) is 0 Å². The minimum atomic E-state index is 0.538. The third-order valence-electron chi connectivity index (χ3n) is 3.06. The summed E-state index contributed by atoms with van der Waals surface area (Å²) in [7, 11) is 0. The monoisotopic (exact) mass is 220 g/mol. The van der Waals surface area contributed by atoms with Crippen LogP contribution in [0.2, 0.25) is 0 Å². The molecule has 0 aliphatic carbocycles. The van der Waals surface area contributed by atoms with Crippen molar-refractivity contribution in [1.82, 2.24) is 15.3 Å². The van der Waals surface area contributed by atoms with Gasteiger partial charge in [0.05, 0.1) is 0 Å². The Hall–Kier alpha value is -1.16. The first kappa shape index (κ1) is 11.3. The van der Waals surface area contributed by atoms with Gasteiger partial charge in [-0.25, -0.2) is 9.97 Å². The highest BCUT2D eigenvalue weighted by Crippen LogP contribution is 2.14. The van der Waals surface area contributed by atoms with E-state index in [1.807, 2.05) is 6.07 Å². The molecule has 4 nitrogen and oxygen atoms in total. The van der Waals surface area contributed by atoms with Crippen LogP contribution in [0.3, 0.4) is 0 Å². The second kappa shape index (κ2) is 5.25. The number of hydrogen-bond acceptors (Lipinski definition) is 4. The Labute approximate surface area is 96.9 Å². The van der Waals surface area contributed by atoms with E-state index in [-0.39, 0.29) is 0 Å². The fourth-order valence-electron chi connectivity index (χ4n) is 2.14. The number of rotatable bonds is 3. The van der Waals surface area contributed by atoms with Gasteiger partial charge in [-0.15, -0.1) is 0 Å². The molecule has 2 rings (SSSR count). The van der Waals surface area contributed by atoms with Gasteiger partial charge in [0.1, 0.15) is 12.1 Å². The van der Waals surface area contributed by atoms with Gasteiger partial charge in [0, 0.05) is 23.8 Å². The summed E-state index contributed by atoms with van der Waals surface area (Å²) in [4.78, 5) is 8.47. The van der Waals surface area contributed by atoms with E-state index >= 15 is 0 Å². The van der Waals surface area contributed by atoms with Crippen LogP contribution in [0.25, 0.3) is 0 Å². The molecular formula is C12H20N4. The van der Waals surface area contributed by atoms with Crippen LogP contribution in [0.5, 0.6) is 0 Å². The van der Waals surface area contributed by atoms with Gasteiger partial charge in [0.25, 0.3) is 0 Å². The number of nitrogens with zero attached hydrogens (tertiary/aromatic N) is 2. The highest BCUT2D eigenvalue weighted by molar-refractivity contribution is 5.36. The van der Waals surface area contributed by atoms with Crippen LogP contribution in [-0.4, -0.2) is 28.6 Å². The molecule has 0 spiro atoms. The number of aromatic nitrogens is 2. The van der Waals surface area contributed by atoms with E-state index in [1.165, 1.54) is 0 Å². The smallest absolute Gasteiger partial charge is 0.129 e. The maximum atomic E-state index is 4.26. The van der Waals surface area contributed by atoms with Crippen LogP contribution in [0.1, 0.15) is 32.4 Å². The normalized spacial score (nSPS) is 25.4. The first-order valence-electron chi connectivity index (χ1n) is 6.08. The van der Waals surface area contributed by atoms with Crippen molar-refractivity contribution in [3.05, 3.63) is 18.1 Å². The molecule has 1 aliphatic rings. The van der Waals surface area contributed by atoms with E-state index in [0.29, 0.717) is 12.1 Å². The predicted molar refractivity (Wildman–Crippen MR) is 65.5 cm³/mol. The van der Waals surface area contributed by atoms with Crippen molar-refractivity contribution in [3.8, 4) is 0 Å². The quantitative estimate of drug-likeness (QED) is 0.812. The Morgan fingerprint density at radius 1 is 1.50 bits per heavy atom. The van der Waals surface area contributed by atoms with Crippen molar-refractivity contribution in [2.75, 3.05) is 11.9 Å². The number of nitrogens with one attached hydrogen (secondary N) is 2. The zero-order valence-electron chi connectivity index (χ0n) is 10.0. The number of piperidine rings is 1. The molecule has 0 bridgehead atoms. The number of hydrogen-bond donors (Lipinski definition) is 2. The van der Waals surface area contributed by atoms with Gasteiger partial charge in [-0.3, -0.25) is 0 Å². The average molecular weight is 220 g/mol. The number of anilines is 1. The summed E-state index contributed by atoms with van der Waals surface area (Å²) in [6.07, 6.45) is 4.92. The first-order valence-corrected chi connectivity index (χ1v) is 6.08. The lowest BCUT2D eigenvalue weighted by Crippen LogP contribution is -2.41. The first-order chi connectivity index (χ1) is 7.78. The SMILES string of the molecule is CCc1cc(NC2CCNC(C)C2)ncn1. The van der Waals surface area contributed by atoms with E-state index in [9.17, 15) is 0 Å². The molecule has 0 amide bonds. The second-order valence-corrected chi connectivity index (χ2v) is 4.47. The highest BCUT2D eigenvalue weighted by Gasteiger charge is 2.18. The van der Waals surface area contributed by atoms with Crippen molar-refractivity contribution in [2.45, 2.75) is 45.2 Å². The lowest BCUT2D eigenvalue weighted by atomic mass is 10.0. The summed E-state index contributed by atoms with van der Waals surface area (Å²) in [6, 6.07) is 3.18. The largest absolute Gasteiger partial charge is 0.367 e. The van der Waals surface area contributed by atoms with Gasteiger partial charge in [0.15, 0.2) is 0 Å². The van der Waals surface area contributed by atoms with E-state index in [4.69, 9.17) is 0 Å². The molecule has 2 heterocycles. The molecule has 2 atom stereocenters. The standard InChI is InChI=1S/C12H20N4/c1-3-10-7-12(15-8-14-10)16-11-4-5-13-9(2)6-11/h7-9,11,13H,3-6H2,1-2H3,(H,14,15,16). The maximum Gasteiger partial charge on any atom is 0.129 e. The third kappa shape index (κ3) is 2.92. The minimum absolute atomic E-state index is 0.538. The predicted octanol–water partition coefficient (Wildman–Crippen LogP) is 1.59. The molecule has 88 valence electrons. The molecule has 1 fully saturated rings. The molecule has 2 N–H and O–H groups in total. The topological polar surface area (TPSA) is 49.8 Å². The van der Waals surface area contributed by atoms with E-state index in [2.05, 4.69) is 34.4 Å². The van der Waals surface area contributed by atoms with E-state index in [0.717, 1.165) is 37.3 Å². The lowest BCUT2D eigenvalue weighted by molar-refractivity contribution is 0.396. The van der Waals surface area contributed by atoms with Gasteiger partial charge in [-0.05, 0) is 32.7 Å². The van der Waals surface area contributed by atoms with E-state index in [1.54, 1.807) is 6.33 Å². The van der Waals surface area contributed by atoms with Crippen molar-refractivity contribution < 1.29 is 0 Å². The van der Waals surface area contributed by atoms with Crippen LogP contribution in [0.4, 0.5) is 5.82 Å². The van der Waals surface area contributed by atoms with Crippen LogP contribution < -0.4 is 10.6 Å². The van der Waals surface area contributed by atoms with Crippen molar-refractivity contribution in [2.24, 2.45) is 0 Å². The van der Waals surface area contributed by atoms with Crippen LogP contribution in [0, 0.1) is 0 Å². The summed E-state index contributed by atoms with van der Waals surface area (Å²) in [5, 5.41) is 6.94. The van der Waals surface area contributed by atoms with Gasteiger partial charge < -0.3 is 10.6 Å². The Morgan fingerprint density at radius 3 is 3.12 bits per heavy atom. The molecule has 4 heteroatoms. The molecular weight excluding hydrogens is 200 g/mol. The lowest BCUT2D eigenvalue weighted by Gasteiger charge is -2.29. The Kier molecular flexibility index (Phi) is 3.72. The molecule has 0 saturated carbocycles. The highest BCUT2D eigenvalue weighted by atomic mass is 15.1. The van der Waals surface area contributed by atoms with Gasteiger partial charge in [-0.2, -0.15) is 0 Å². The molecule has 1 aromatic rings. The van der Waals surface area contributed by atoms with Crippen molar-refractivity contribution >= 4 is 5.82 Å². The molecule has 0 radical (unpaired) electrons. The van der Waals surface area contributed by atoms with Crippen LogP contribution >= 0.6 is 0 Å². The molecule has 1 aliphatic heterocycles. The van der Waals surface area contributed by atoms with Gasteiger partial charge in [0.2, 0.25) is 0 Å². The maximum absolute atomic E-state index is 4.26. The zero-order chi connectivity index (χ0) is 11.4. The Balaban J connectivity index is 1.97. The fourth-order valence-corrected chi connectivity index (χ4v) is 2.14. The van der Waals surface area contributed by atoms with Crippen LogP contribution in [-0.2, 0) is 6.42 Å². The van der Waals surface area contributed by atoms with Crippen molar-refractivity contribution in [3.63, 3.8) is 0 Å². The van der Waals surface area contributed by atoms with Gasteiger partial charge in [-0.1, -0.05) is 6.92 Å². The summed E-state index contributed by atoms with van der Waals surface area (Å²) in [5.74, 6) is 0.964. The number of aryl methyl sites for hydroxylation is 1. The zero-order valence-corrected chi connectivity index (χ0v) is 10.0. The molecule has 1 saturated heterocycles. The summed E-state index contributed by atoms with van der Waals surface area (Å²) in [5.41, 5.74) is 1.10. The molecule has 1 aromatic heterocycles. The summed E-state index contributed by atoms with van der Waals surface area (Å²) < 4.78 is 0. The second-order valence-electron chi connectivity index (χ2n) is 4.47. The molecule has 16 heavy (non-hydrogen) atoms. The van der Waals surface area contributed by atoms with E-state index < -0.39 is 0 Å². The fraction of sp³-hybridized carbons (Fsp3) is 0.667. The van der Waals surface area contributed by atoms with Gasteiger partial charge >= 0.3 is 0 Å². The summed E-state index contributed by atoms with van der Waals surface area (Å²) in [6.45, 7) is 5.43. The Bertz CT molecular complexity index is 340. The molecule has 0 aromatic carbocycles. The minimum Gasteiger partial charge on any atom is -0.367 e. The third-order valence-corrected chi connectivity index (χ3v) is 3.06. The molecule has 2 unspecified atom stereocenters. The average Bonchev–Trinajstić information content (AvgIpc) is 2.29.